The van der Waals surface area contributed by atoms with Crippen LogP contribution >= 0.6 is 0 Å². The average Bonchev–Trinajstić information content (AvgIpc) is 2.22. The highest BCUT2D eigenvalue weighted by atomic mass is 16.2. The number of rotatable bonds is 4. The van der Waals surface area contributed by atoms with Crippen molar-refractivity contribution in [3.63, 3.8) is 0 Å². The molecule has 0 heterocycles. The van der Waals surface area contributed by atoms with Crippen LogP contribution in [0, 0.1) is 0 Å². The minimum Gasteiger partial charge on any atom is -0.351 e. The standard InChI is InChI=1S/C9H16N4O3/c1-6(5-8(15)11-4-3-10)9(16)13-12-7(2)14/h5H,3-4,10H2,1-2H3,(H,11,15)(H,12,14)(H,13,16)/b6-5+. The quantitative estimate of drug-likeness (QED) is 0.335. The molecule has 7 heteroatoms. The summed E-state index contributed by atoms with van der Waals surface area (Å²) in [5.74, 6) is -1.34. The normalized spacial score (nSPS) is 10.6. The molecule has 0 saturated heterocycles. The minimum absolute atomic E-state index is 0.184. The zero-order valence-corrected chi connectivity index (χ0v) is 9.29. The first-order valence-corrected chi connectivity index (χ1v) is 4.70. The predicted molar refractivity (Wildman–Crippen MR) is 57.8 cm³/mol. The molecule has 0 aromatic heterocycles. The van der Waals surface area contributed by atoms with E-state index in [0.717, 1.165) is 6.08 Å². The maximum Gasteiger partial charge on any atom is 0.265 e. The Hall–Kier alpha value is -1.89. The lowest BCUT2D eigenvalue weighted by atomic mass is 10.2. The third-order valence-corrected chi connectivity index (χ3v) is 1.50. The van der Waals surface area contributed by atoms with Crippen molar-refractivity contribution in [2.45, 2.75) is 13.8 Å². The van der Waals surface area contributed by atoms with E-state index >= 15 is 0 Å². The molecule has 5 N–H and O–H groups in total. The van der Waals surface area contributed by atoms with Crippen LogP contribution in [0.2, 0.25) is 0 Å². The van der Waals surface area contributed by atoms with E-state index in [1.54, 1.807) is 0 Å². The van der Waals surface area contributed by atoms with Gasteiger partial charge < -0.3 is 11.1 Å². The molecular weight excluding hydrogens is 212 g/mol. The SMILES string of the molecule is CC(=O)NNC(=O)/C(C)=C/C(=O)NCCN. The molecular formula is C9H16N4O3. The summed E-state index contributed by atoms with van der Waals surface area (Å²) in [4.78, 5) is 32.9. The van der Waals surface area contributed by atoms with Crippen LogP contribution in [0.1, 0.15) is 13.8 Å². The van der Waals surface area contributed by atoms with Crippen molar-refractivity contribution in [3.05, 3.63) is 11.6 Å². The number of nitrogens with one attached hydrogen (secondary N) is 3. The highest BCUT2D eigenvalue weighted by molar-refractivity contribution is 6.00. The highest BCUT2D eigenvalue weighted by Gasteiger charge is 2.06. The third kappa shape index (κ3) is 6.55. The van der Waals surface area contributed by atoms with Crippen molar-refractivity contribution < 1.29 is 14.4 Å². The lowest BCUT2D eigenvalue weighted by molar-refractivity contribution is -0.125. The zero-order chi connectivity index (χ0) is 12.6. The van der Waals surface area contributed by atoms with Crippen molar-refractivity contribution in [3.8, 4) is 0 Å². The van der Waals surface area contributed by atoms with Gasteiger partial charge in [-0.3, -0.25) is 25.2 Å². The summed E-state index contributed by atoms with van der Waals surface area (Å²) in [7, 11) is 0. The van der Waals surface area contributed by atoms with E-state index in [0.29, 0.717) is 13.1 Å². The van der Waals surface area contributed by atoms with Gasteiger partial charge in [-0.05, 0) is 6.92 Å². The Morgan fingerprint density at radius 3 is 2.31 bits per heavy atom. The van der Waals surface area contributed by atoms with Crippen LogP contribution in [0.4, 0.5) is 0 Å². The summed E-state index contributed by atoms with van der Waals surface area (Å²) in [6.07, 6.45) is 1.13. The average molecular weight is 228 g/mol. The van der Waals surface area contributed by atoms with E-state index in [4.69, 9.17) is 5.73 Å². The van der Waals surface area contributed by atoms with Gasteiger partial charge in [0.25, 0.3) is 5.91 Å². The lowest BCUT2D eigenvalue weighted by Crippen LogP contribution is -2.41. The fraction of sp³-hybridized carbons (Fsp3) is 0.444. The Morgan fingerprint density at radius 1 is 1.19 bits per heavy atom. The molecule has 0 aliphatic heterocycles. The van der Waals surface area contributed by atoms with Gasteiger partial charge in [-0.25, -0.2) is 0 Å². The largest absolute Gasteiger partial charge is 0.351 e. The molecule has 0 spiro atoms. The maximum absolute atomic E-state index is 11.3. The number of carbonyl (C=O) groups is 3. The Kier molecular flexibility index (Phi) is 6.53. The number of hydrazine groups is 1. The van der Waals surface area contributed by atoms with E-state index < -0.39 is 17.7 Å². The van der Waals surface area contributed by atoms with Crippen LogP contribution in [0.3, 0.4) is 0 Å². The Balaban J connectivity index is 4.14. The molecule has 0 saturated carbocycles. The van der Waals surface area contributed by atoms with Crippen molar-refractivity contribution in [1.82, 2.24) is 16.2 Å². The van der Waals surface area contributed by atoms with Gasteiger partial charge in [0.05, 0.1) is 0 Å². The monoisotopic (exact) mass is 228 g/mol. The van der Waals surface area contributed by atoms with E-state index in [2.05, 4.69) is 16.2 Å². The molecule has 0 atom stereocenters. The predicted octanol–water partition coefficient (Wildman–Crippen LogP) is -1.83. The molecule has 0 aliphatic carbocycles. The van der Waals surface area contributed by atoms with Gasteiger partial charge >= 0.3 is 0 Å². The number of amides is 3. The first-order valence-electron chi connectivity index (χ1n) is 4.70. The molecule has 0 aromatic carbocycles. The molecule has 0 aromatic rings. The van der Waals surface area contributed by atoms with Gasteiger partial charge in [0, 0.05) is 31.7 Å². The van der Waals surface area contributed by atoms with E-state index in [1.807, 2.05) is 0 Å². The smallest absolute Gasteiger partial charge is 0.265 e. The topological polar surface area (TPSA) is 113 Å². The first kappa shape index (κ1) is 14.1. The summed E-state index contributed by atoms with van der Waals surface area (Å²) in [5, 5.41) is 2.48. The van der Waals surface area contributed by atoms with Gasteiger partial charge in [0.2, 0.25) is 11.8 Å². The Morgan fingerprint density at radius 2 is 1.81 bits per heavy atom. The van der Waals surface area contributed by atoms with E-state index in [9.17, 15) is 14.4 Å². The van der Waals surface area contributed by atoms with Gasteiger partial charge in [0.1, 0.15) is 0 Å². The molecule has 16 heavy (non-hydrogen) atoms. The Bertz CT molecular complexity index is 312. The second-order valence-corrected chi connectivity index (χ2v) is 3.04. The third-order valence-electron chi connectivity index (χ3n) is 1.50. The van der Waals surface area contributed by atoms with Crippen LogP contribution in [-0.4, -0.2) is 30.8 Å². The van der Waals surface area contributed by atoms with Crippen LogP contribution in [0.5, 0.6) is 0 Å². The van der Waals surface area contributed by atoms with E-state index in [-0.39, 0.29) is 5.57 Å². The second kappa shape index (κ2) is 7.41. The van der Waals surface area contributed by atoms with Crippen molar-refractivity contribution in [2.75, 3.05) is 13.1 Å². The summed E-state index contributed by atoms with van der Waals surface area (Å²) < 4.78 is 0. The van der Waals surface area contributed by atoms with Crippen LogP contribution in [-0.2, 0) is 14.4 Å². The summed E-state index contributed by atoms with van der Waals surface area (Å²) >= 11 is 0. The highest BCUT2D eigenvalue weighted by Crippen LogP contribution is 1.90. The number of hydrogen-bond acceptors (Lipinski definition) is 4. The number of carbonyl (C=O) groups excluding carboxylic acids is 3. The molecule has 0 rings (SSSR count). The Labute approximate surface area is 93.4 Å². The van der Waals surface area contributed by atoms with Crippen molar-refractivity contribution in [1.29, 1.82) is 0 Å². The molecule has 0 aliphatic rings. The van der Waals surface area contributed by atoms with E-state index in [1.165, 1.54) is 13.8 Å². The fourth-order valence-electron chi connectivity index (χ4n) is 0.752. The lowest BCUT2D eigenvalue weighted by Gasteiger charge is -2.05. The molecule has 0 unspecified atom stereocenters. The molecule has 0 fully saturated rings. The summed E-state index contributed by atoms with van der Waals surface area (Å²) in [6.45, 7) is 3.39. The number of nitrogens with two attached hydrogens (primary N) is 1. The van der Waals surface area contributed by atoms with Gasteiger partial charge in [-0.2, -0.15) is 0 Å². The van der Waals surface area contributed by atoms with Crippen molar-refractivity contribution in [2.24, 2.45) is 5.73 Å². The first-order chi connectivity index (χ1) is 7.47. The van der Waals surface area contributed by atoms with Crippen molar-refractivity contribution >= 4 is 17.7 Å². The van der Waals surface area contributed by atoms with Crippen LogP contribution < -0.4 is 21.9 Å². The molecule has 3 amide bonds. The maximum atomic E-state index is 11.3. The van der Waals surface area contributed by atoms with Gasteiger partial charge in [-0.1, -0.05) is 0 Å². The van der Waals surface area contributed by atoms with Gasteiger partial charge in [-0.15, -0.1) is 0 Å². The molecule has 7 nitrogen and oxygen atoms in total. The number of hydrogen-bond donors (Lipinski definition) is 4. The zero-order valence-electron chi connectivity index (χ0n) is 9.29. The summed E-state index contributed by atoms with van der Waals surface area (Å²) in [6, 6.07) is 0. The van der Waals surface area contributed by atoms with Gasteiger partial charge in [0.15, 0.2) is 0 Å². The van der Waals surface area contributed by atoms with Crippen LogP contribution in [0.25, 0.3) is 0 Å². The second-order valence-electron chi connectivity index (χ2n) is 3.04. The molecule has 0 bridgehead atoms. The van der Waals surface area contributed by atoms with Crippen LogP contribution in [0.15, 0.2) is 11.6 Å². The molecule has 0 radical (unpaired) electrons. The summed E-state index contributed by atoms with van der Waals surface area (Å²) in [5.41, 5.74) is 9.61. The minimum atomic E-state index is -0.543. The fourth-order valence-corrected chi connectivity index (χ4v) is 0.752. The molecule has 90 valence electrons.